The number of carbonyl (C=O) groups excluding carboxylic acids is 2. The fourth-order valence-electron chi connectivity index (χ4n) is 3.00. The van der Waals surface area contributed by atoms with Crippen LogP contribution in [0, 0.1) is 5.41 Å². The highest BCUT2D eigenvalue weighted by atomic mass is 16.5. The molecule has 0 aliphatic rings. The summed E-state index contributed by atoms with van der Waals surface area (Å²) in [6, 6.07) is 5.93. The Morgan fingerprint density at radius 2 is 1.86 bits per heavy atom. The first-order chi connectivity index (χ1) is 13.0. The van der Waals surface area contributed by atoms with Crippen molar-refractivity contribution in [1.82, 2.24) is 4.90 Å². The van der Waals surface area contributed by atoms with E-state index in [4.69, 9.17) is 4.74 Å². The van der Waals surface area contributed by atoms with Crippen LogP contribution in [0.3, 0.4) is 0 Å². The quantitative estimate of drug-likeness (QED) is 0.693. The Kier molecular flexibility index (Phi) is 8.95. The van der Waals surface area contributed by atoms with E-state index in [-0.39, 0.29) is 29.9 Å². The van der Waals surface area contributed by atoms with Crippen LogP contribution in [0.5, 0.6) is 0 Å². The second-order valence-electron chi connectivity index (χ2n) is 8.74. The predicted molar refractivity (Wildman–Crippen MR) is 116 cm³/mol. The van der Waals surface area contributed by atoms with Gasteiger partial charge in [0.15, 0.2) is 0 Å². The molecule has 6 nitrogen and oxygen atoms in total. The zero-order valence-electron chi connectivity index (χ0n) is 18.8. The molecular formula is C22H37N3O3. The predicted octanol–water partition coefficient (Wildman–Crippen LogP) is 3.90. The standard InChI is InChI=1S/C22H37N3O3/c1-9-16(2)25(21(27)13-22(3,4)5)14-17-12-18(23-20(26)15-28-8)10-11-19(17)24(6)7/h10-12,16H,9,13-15H2,1-8H3,(H,23,26)/t16-/m0/s1. The van der Waals surface area contributed by atoms with Crippen LogP contribution < -0.4 is 10.2 Å². The Hall–Kier alpha value is -2.08. The topological polar surface area (TPSA) is 61.9 Å². The average Bonchev–Trinajstić information content (AvgIpc) is 2.57. The van der Waals surface area contributed by atoms with Gasteiger partial charge in [-0.25, -0.2) is 0 Å². The number of rotatable bonds is 9. The largest absolute Gasteiger partial charge is 0.377 e. The van der Waals surface area contributed by atoms with E-state index in [1.165, 1.54) is 7.11 Å². The molecule has 2 amide bonds. The summed E-state index contributed by atoms with van der Waals surface area (Å²) in [7, 11) is 5.45. The fraction of sp³-hybridized carbons (Fsp3) is 0.636. The molecule has 0 saturated heterocycles. The molecule has 1 atom stereocenters. The molecule has 1 rings (SSSR count). The lowest BCUT2D eigenvalue weighted by molar-refractivity contribution is -0.136. The van der Waals surface area contributed by atoms with Crippen molar-refractivity contribution in [2.24, 2.45) is 5.41 Å². The SMILES string of the molecule is CC[C@H](C)N(Cc1cc(NC(=O)COC)ccc1N(C)C)C(=O)CC(C)(C)C. The second kappa shape index (κ2) is 10.5. The normalized spacial score (nSPS) is 12.4. The van der Waals surface area contributed by atoms with Crippen molar-refractivity contribution in [3.63, 3.8) is 0 Å². The van der Waals surface area contributed by atoms with E-state index in [0.717, 1.165) is 17.7 Å². The first kappa shape index (κ1) is 24.0. The van der Waals surface area contributed by atoms with E-state index in [0.29, 0.717) is 18.7 Å². The van der Waals surface area contributed by atoms with Gasteiger partial charge >= 0.3 is 0 Å². The molecule has 0 fully saturated rings. The molecule has 0 heterocycles. The number of amides is 2. The molecule has 1 N–H and O–H groups in total. The molecule has 0 unspecified atom stereocenters. The Bertz CT molecular complexity index is 665. The lowest BCUT2D eigenvalue weighted by atomic mass is 9.91. The van der Waals surface area contributed by atoms with Gasteiger partial charge in [0.2, 0.25) is 11.8 Å². The second-order valence-corrected chi connectivity index (χ2v) is 8.74. The summed E-state index contributed by atoms with van der Waals surface area (Å²) < 4.78 is 4.88. The van der Waals surface area contributed by atoms with Gasteiger partial charge in [-0.3, -0.25) is 9.59 Å². The van der Waals surface area contributed by atoms with Crippen LogP contribution in [0.1, 0.15) is 53.0 Å². The zero-order chi connectivity index (χ0) is 21.5. The van der Waals surface area contributed by atoms with Crippen molar-refractivity contribution in [1.29, 1.82) is 0 Å². The molecule has 0 spiro atoms. The van der Waals surface area contributed by atoms with Crippen molar-refractivity contribution < 1.29 is 14.3 Å². The van der Waals surface area contributed by atoms with Gasteiger partial charge < -0.3 is 19.9 Å². The summed E-state index contributed by atoms with van der Waals surface area (Å²) >= 11 is 0. The van der Waals surface area contributed by atoms with Crippen LogP contribution in [-0.2, 0) is 20.9 Å². The number of ether oxygens (including phenoxy) is 1. The number of benzene rings is 1. The maximum atomic E-state index is 13.0. The molecule has 0 radical (unpaired) electrons. The molecule has 0 bridgehead atoms. The molecule has 0 aliphatic carbocycles. The molecule has 6 heteroatoms. The average molecular weight is 392 g/mol. The van der Waals surface area contributed by atoms with Crippen LogP contribution in [0.2, 0.25) is 0 Å². The van der Waals surface area contributed by atoms with E-state index in [1.807, 2.05) is 42.1 Å². The number of anilines is 2. The Morgan fingerprint density at radius 1 is 1.21 bits per heavy atom. The van der Waals surface area contributed by atoms with E-state index in [2.05, 4.69) is 39.9 Å². The van der Waals surface area contributed by atoms with Gasteiger partial charge in [-0.1, -0.05) is 27.7 Å². The summed E-state index contributed by atoms with van der Waals surface area (Å²) in [4.78, 5) is 28.9. The minimum Gasteiger partial charge on any atom is -0.377 e. The Morgan fingerprint density at radius 3 is 2.36 bits per heavy atom. The third-order valence-electron chi connectivity index (χ3n) is 4.59. The van der Waals surface area contributed by atoms with E-state index < -0.39 is 0 Å². The first-order valence-corrected chi connectivity index (χ1v) is 9.87. The van der Waals surface area contributed by atoms with Crippen molar-refractivity contribution in [3.8, 4) is 0 Å². The van der Waals surface area contributed by atoms with Gasteiger partial charge in [0.1, 0.15) is 6.61 Å². The number of nitrogens with zero attached hydrogens (tertiary/aromatic N) is 2. The summed E-state index contributed by atoms with van der Waals surface area (Å²) in [6.07, 6.45) is 1.39. The number of nitrogens with one attached hydrogen (secondary N) is 1. The van der Waals surface area contributed by atoms with Crippen molar-refractivity contribution in [2.45, 2.75) is 60.0 Å². The molecule has 1 aromatic rings. The van der Waals surface area contributed by atoms with Crippen molar-refractivity contribution in [3.05, 3.63) is 23.8 Å². The summed E-state index contributed by atoms with van der Waals surface area (Å²) in [5.41, 5.74) is 2.67. The monoisotopic (exact) mass is 391 g/mol. The van der Waals surface area contributed by atoms with Crippen LogP contribution in [0.15, 0.2) is 18.2 Å². The number of methoxy groups -OCH3 is 1. The van der Waals surface area contributed by atoms with Gasteiger partial charge in [-0.2, -0.15) is 0 Å². The van der Waals surface area contributed by atoms with E-state index in [9.17, 15) is 9.59 Å². The Balaban J connectivity index is 3.20. The third kappa shape index (κ3) is 7.50. The maximum absolute atomic E-state index is 13.0. The van der Waals surface area contributed by atoms with Crippen LogP contribution >= 0.6 is 0 Å². The van der Waals surface area contributed by atoms with Crippen LogP contribution in [0.25, 0.3) is 0 Å². The fourth-order valence-corrected chi connectivity index (χ4v) is 3.00. The lowest BCUT2D eigenvalue weighted by Gasteiger charge is -2.33. The first-order valence-electron chi connectivity index (χ1n) is 9.87. The van der Waals surface area contributed by atoms with E-state index >= 15 is 0 Å². The van der Waals surface area contributed by atoms with Crippen LogP contribution in [-0.4, -0.2) is 50.6 Å². The molecular weight excluding hydrogens is 354 g/mol. The lowest BCUT2D eigenvalue weighted by Crippen LogP contribution is -2.39. The summed E-state index contributed by atoms with van der Waals surface area (Å²) in [5.74, 6) is -0.0472. The molecule has 0 aromatic heterocycles. The minimum absolute atomic E-state index is 0.00777. The van der Waals surface area contributed by atoms with Crippen LogP contribution in [0.4, 0.5) is 11.4 Å². The van der Waals surface area contributed by atoms with Crippen molar-refractivity contribution >= 4 is 23.2 Å². The minimum atomic E-state index is -0.200. The highest BCUT2D eigenvalue weighted by Gasteiger charge is 2.25. The highest BCUT2D eigenvalue weighted by Crippen LogP contribution is 2.27. The summed E-state index contributed by atoms with van der Waals surface area (Å²) in [5, 5.41) is 2.85. The van der Waals surface area contributed by atoms with Gasteiger partial charge in [0, 0.05) is 51.6 Å². The number of hydrogen-bond acceptors (Lipinski definition) is 4. The molecule has 1 aromatic carbocycles. The molecule has 0 aliphatic heterocycles. The molecule has 0 saturated carbocycles. The van der Waals surface area contributed by atoms with Gasteiger partial charge in [0.25, 0.3) is 0 Å². The summed E-state index contributed by atoms with van der Waals surface area (Å²) in [6.45, 7) is 10.9. The molecule has 158 valence electrons. The molecule has 28 heavy (non-hydrogen) atoms. The van der Waals surface area contributed by atoms with Gasteiger partial charge in [0.05, 0.1) is 0 Å². The van der Waals surface area contributed by atoms with Gasteiger partial charge in [-0.05, 0) is 42.5 Å². The zero-order valence-corrected chi connectivity index (χ0v) is 18.8. The smallest absolute Gasteiger partial charge is 0.250 e. The number of carbonyl (C=O) groups is 2. The highest BCUT2D eigenvalue weighted by molar-refractivity contribution is 5.92. The van der Waals surface area contributed by atoms with Gasteiger partial charge in [-0.15, -0.1) is 0 Å². The number of hydrogen-bond donors (Lipinski definition) is 1. The Labute approximate surface area is 170 Å². The van der Waals surface area contributed by atoms with E-state index in [1.54, 1.807) is 0 Å². The third-order valence-corrected chi connectivity index (χ3v) is 4.59. The van der Waals surface area contributed by atoms with Crippen molar-refractivity contribution in [2.75, 3.05) is 38.0 Å². The maximum Gasteiger partial charge on any atom is 0.250 e.